The Labute approximate surface area is 140 Å². The molecule has 0 aliphatic carbocycles. The highest BCUT2D eigenvalue weighted by Crippen LogP contribution is 2.18. The van der Waals surface area contributed by atoms with Gasteiger partial charge in [0.15, 0.2) is 0 Å². The Hall–Kier alpha value is -0.0800. The van der Waals surface area contributed by atoms with Crippen LogP contribution in [-0.2, 0) is 0 Å². The molecule has 0 spiro atoms. The van der Waals surface area contributed by atoms with Gasteiger partial charge in [0.2, 0.25) is 0 Å². The third-order valence-electron chi connectivity index (χ3n) is 4.63. The molecule has 0 amide bonds. The standard InChI is InChI=1S/C20H43NO/c1-4-6-8-10-11-13-15-17-20(18-21-19(3)22)16-14-12-9-7-5-2/h19-22H,4-18H2,1-3H3. The van der Waals surface area contributed by atoms with Crippen LogP contribution in [0.2, 0.25) is 0 Å². The third kappa shape index (κ3) is 16.3. The second-order valence-electron chi connectivity index (χ2n) is 7.06. The highest BCUT2D eigenvalue weighted by atomic mass is 16.3. The van der Waals surface area contributed by atoms with E-state index in [1.807, 2.05) is 6.92 Å². The third-order valence-corrected chi connectivity index (χ3v) is 4.63. The van der Waals surface area contributed by atoms with Gasteiger partial charge in [0.1, 0.15) is 6.23 Å². The van der Waals surface area contributed by atoms with Crippen LogP contribution in [0.25, 0.3) is 0 Å². The van der Waals surface area contributed by atoms with Crippen LogP contribution in [0.15, 0.2) is 0 Å². The minimum Gasteiger partial charge on any atom is -0.379 e. The van der Waals surface area contributed by atoms with E-state index in [9.17, 15) is 5.11 Å². The lowest BCUT2D eigenvalue weighted by Crippen LogP contribution is -2.30. The molecule has 0 saturated carbocycles. The zero-order valence-electron chi connectivity index (χ0n) is 15.7. The van der Waals surface area contributed by atoms with E-state index in [-0.39, 0.29) is 6.23 Å². The fraction of sp³-hybridized carbons (Fsp3) is 1.00. The zero-order valence-corrected chi connectivity index (χ0v) is 15.7. The van der Waals surface area contributed by atoms with Crippen molar-refractivity contribution in [2.45, 2.75) is 117 Å². The zero-order chi connectivity index (χ0) is 16.5. The number of hydrogen-bond donors (Lipinski definition) is 2. The molecule has 22 heavy (non-hydrogen) atoms. The Morgan fingerprint density at radius 3 is 1.50 bits per heavy atom. The van der Waals surface area contributed by atoms with Crippen LogP contribution in [0.5, 0.6) is 0 Å². The molecule has 0 bridgehead atoms. The predicted octanol–water partition coefficient (Wildman–Crippen LogP) is 6.03. The van der Waals surface area contributed by atoms with E-state index in [0.717, 1.165) is 12.5 Å². The van der Waals surface area contributed by atoms with Crippen LogP contribution in [0.1, 0.15) is 111 Å². The molecule has 0 heterocycles. The van der Waals surface area contributed by atoms with Crippen LogP contribution in [0, 0.1) is 5.92 Å². The van der Waals surface area contributed by atoms with Crippen molar-refractivity contribution in [1.29, 1.82) is 0 Å². The number of nitrogens with one attached hydrogen (secondary N) is 1. The number of hydrogen-bond acceptors (Lipinski definition) is 2. The first-order chi connectivity index (χ1) is 10.7. The number of unbranched alkanes of at least 4 members (excludes halogenated alkanes) is 10. The van der Waals surface area contributed by atoms with Gasteiger partial charge >= 0.3 is 0 Å². The van der Waals surface area contributed by atoms with E-state index in [1.54, 1.807) is 0 Å². The number of aliphatic hydroxyl groups is 1. The lowest BCUT2D eigenvalue weighted by Gasteiger charge is -2.19. The highest BCUT2D eigenvalue weighted by Gasteiger charge is 2.09. The van der Waals surface area contributed by atoms with Gasteiger partial charge in [-0.15, -0.1) is 0 Å². The van der Waals surface area contributed by atoms with Crippen molar-refractivity contribution >= 4 is 0 Å². The second kappa shape index (κ2) is 17.3. The first kappa shape index (κ1) is 21.9. The molecular formula is C20H43NO. The molecule has 0 aromatic heterocycles. The van der Waals surface area contributed by atoms with E-state index in [4.69, 9.17) is 0 Å². The maximum Gasteiger partial charge on any atom is 0.102 e. The summed E-state index contributed by atoms with van der Waals surface area (Å²) in [5.41, 5.74) is 0. The molecule has 2 nitrogen and oxygen atoms in total. The largest absolute Gasteiger partial charge is 0.379 e. The maximum absolute atomic E-state index is 9.42. The molecule has 0 aromatic rings. The van der Waals surface area contributed by atoms with Gasteiger partial charge in [-0.3, -0.25) is 5.32 Å². The van der Waals surface area contributed by atoms with Crippen molar-refractivity contribution in [2.75, 3.05) is 6.54 Å². The molecule has 0 aliphatic rings. The molecule has 0 saturated heterocycles. The Kier molecular flexibility index (Phi) is 17.2. The summed E-state index contributed by atoms with van der Waals surface area (Å²) in [6.45, 7) is 7.36. The van der Waals surface area contributed by atoms with Crippen LogP contribution in [-0.4, -0.2) is 17.9 Å². The van der Waals surface area contributed by atoms with Gasteiger partial charge in [0.05, 0.1) is 0 Å². The molecule has 2 N–H and O–H groups in total. The normalized spacial score (nSPS) is 14.2. The van der Waals surface area contributed by atoms with E-state index in [2.05, 4.69) is 19.2 Å². The van der Waals surface area contributed by atoms with Crippen LogP contribution in [0.4, 0.5) is 0 Å². The maximum atomic E-state index is 9.42. The molecule has 134 valence electrons. The summed E-state index contributed by atoms with van der Waals surface area (Å²) in [6.07, 6.45) is 18.9. The molecule has 0 aromatic carbocycles. The first-order valence-corrected chi connectivity index (χ1v) is 10.1. The smallest absolute Gasteiger partial charge is 0.102 e. The first-order valence-electron chi connectivity index (χ1n) is 10.1. The molecule has 0 fully saturated rings. The van der Waals surface area contributed by atoms with E-state index in [1.165, 1.54) is 89.9 Å². The summed E-state index contributed by atoms with van der Waals surface area (Å²) in [7, 11) is 0. The van der Waals surface area contributed by atoms with Gasteiger partial charge in [-0.1, -0.05) is 90.9 Å². The monoisotopic (exact) mass is 313 g/mol. The van der Waals surface area contributed by atoms with Gasteiger partial charge < -0.3 is 5.11 Å². The van der Waals surface area contributed by atoms with Gasteiger partial charge in [-0.05, 0) is 25.7 Å². The minimum absolute atomic E-state index is 0.364. The minimum atomic E-state index is -0.364. The van der Waals surface area contributed by atoms with Crippen molar-refractivity contribution in [3.63, 3.8) is 0 Å². The van der Waals surface area contributed by atoms with Crippen LogP contribution in [0.3, 0.4) is 0 Å². The Bertz CT molecular complexity index is 206. The molecule has 0 radical (unpaired) electrons. The lowest BCUT2D eigenvalue weighted by atomic mass is 9.94. The average molecular weight is 314 g/mol. The van der Waals surface area contributed by atoms with Crippen LogP contribution < -0.4 is 5.32 Å². The summed E-state index contributed by atoms with van der Waals surface area (Å²) in [4.78, 5) is 0. The Balaban J connectivity index is 3.68. The van der Waals surface area contributed by atoms with Gasteiger partial charge in [0.25, 0.3) is 0 Å². The number of aliphatic hydroxyl groups excluding tert-OH is 1. The molecule has 2 unspecified atom stereocenters. The second-order valence-corrected chi connectivity index (χ2v) is 7.06. The van der Waals surface area contributed by atoms with Crippen molar-refractivity contribution in [3.05, 3.63) is 0 Å². The summed E-state index contributed by atoms with van der Waals surface area (Å²) in [5.74, 6) is 0.756. The van der Waals surface area contributed by atoms with Crippen molar-refractivity contribution < 1.29 is 5.11 Å². The predicted molar refractivity (Wildman–Crippen MR) is 99.2 cm³/mol. The molecular weight excluding hydrogens is 270 g/mol. The fourth-order valence-electron chi connectivity index (χ4n) is 3.11. The average Bonchev–Trinajstić information content (AvgIpc) is 2.50. The molecule has 2 heteroatoms. The van der Waals surface area contributed by atoms with Gasteiger partial charge in [-0.2, -0.15) is 0 Å². The summed E-state index contributed by atoms with van der Waals surface area (Å²) in [6, 6.07) is 0. The fourth-order valence-corrected chi connectivity index (χ4v) is 3.11. The summed E-state index contributed by atoms with van der Waals surface area (Å²) >= 11 is 0. The summed E-state index contributed by atoms with van der Waals surface area (Å²) in [5, 5.41) is 12.6. The molecule has 2 atom stereocenters. The van der Waals surface area contributed by atoms with Crippen molar-refractivity contribution in [1.82, 2.24) is 5.32 Å². The number of rotatable bonds is 17. The lowest BCUT2D eigenvalue weighted by molar-refractivity contribution is 0.147. The quantitative estimate of drug-likeness (QED) is 0.254. The van der Waals surface area contributed by atoms with Gasteiger partial charge in [0, 0.05) is 6.54 Å². The SMILES string of the molecule is CCCCCCCCCC(CCCCCCC)CNC(C)O. The Morgan fingerprint density at radius 1 is 0.682 bits per heavy atom. The highest BCUT2D eigenvalue weighted by molar-refractivity contribution is 4.64. The molecule has 0 rings (SSSR count). The van der Waals surface area contributed by atoms with Crippen LogP contribution >= 0.6 is 0 Å². The molecule has 0 aliphatic heterocycles. The topological polar surface area (TPSA) is 32.3 Å². The van der Waals surface area contributed by atoms with Crippen molar-refractivity contribution in [2.24, 2.45) is 5.92 Å². The van der Waals surface area contributed by atoms with E-state index < -0.39 is 0 Å². The Morgan fingerprint density at radius 2 is 1.09 bits per heavy atom. The van der Waals surface area contributed by atoms with E-state index >= 15 is 0 Å². The van der Waals surface area contributed by atoms with E-state index in [0.29, 0.717) is 0 Å². The van der Waals surface area contributed by atoms with Crippen molar-refractivity contribution in [3.8, 4) is 0 Å². The summed E-state index contributed by atoms with van der Waals surface area (Å²) < 4.78 is 0. The van der Waals surface area contributed by atoms with Gasteiger partial charge in [-0.25, -0.2) is 0 Å².